The van der Waals surface area contributed by atoms with Gasteiger partial charge in [-0.3, -0.25) is 0 Å². The zero-order chi connectivity index (χ0) is 5.70. The molecule has 2 nitrogen and oxygen atoms in total. The summed E-state index contributed by atoms with van der Waals surface area (Å²) >= 11 is 2.94. The van der Waals surface area contributed by atoms with E-state index in [9.17, 15) is 0 Å². The van der Waals surface area contributed by atoms with Crippen LogP contribution in [-0.4, -0.2) is 34.1 Å². The van der Waals surface area contributed by atoms with Crippen LogP contribution in [0.5, 0.6) is 0 Å². The molecule has 42 valence electrons. The first kappa shape index (κ1) is 7.70. The molecule has 0 aliphatic heterocycles. The number of quaternary nitrogens is 1. The van der Waals surface area contributed by atoms with Crippen LogP contribution >= 0.6 is 0 Å². The first-order chi connectivity index (χ1) is 3.31. The topological polar surface area (TPSA) is 30.5 Å². The second kappa shape index (κ2) is 4.85. The normalized spacial score (nSPS) is 13.4. The summed E-state index contributed by atoms with van der Waals surface area (Å²) in [6, 6.07) is 0. The molecule has 0 aromatic heterocycles. The third-order valence-electron chi connectivity index (χ3n) is 0.463. The molecular formula is C3H9N2Se2+. The van der Waals surface area contributed by atoms with Crippen molar-refractivity contribution in [2.45, 2.75) is 0 Å². The predicted octanol–water partition coefficient (Wildman–Crippen LogP) is -2.63. The first-order valence-corrected chi connectivity index (χ1v) is 7.45. The van der Waals surface area contributed by atoms with E-state index in [-0.39, 0.29) is 0 Å². The summed E-state index contributed by atoms with van der Waals surface area (Å²) in [7, 11) is 0. The summed E-state index contributed by atoms with van der Waals surface area (Å²) in [4.78, 5) is 0. The molecule has 0 spiro atoms. The van der Waals surface area contributed by atoms with Gasteiger partial charge in [0.25, 0.3) is 0 Å². The van der Waals surface area contributed by atoms with Crippen LogP contribution in [0.3, 0.4) is 0 Å². The molecule has 0 saturated heterocycles. The van der Waals surface area contributed by atoms with Gasteiger partial charge in [0.1, 0.15) is 0 Å². The summed E-state index contributed by atoms with van der Waals surface area (Å²) in [5, 5.41) is 0. The Balaban J connectivity index is 2.98. The van der Waals surface area contributed by atoms with Crippen molar-refractivity contribution in [2.75, 3.05) is 6.54 Å². The molecular weight excluding hydrogens is 222 g/mol. The van der Waals surface area contributed by atoms with Gasteiger partial charge in [-0.05, 0) is 0 Å². The molecule has 0 aliphatic rings. The van der Waals surface area contributed by atoms with Gasteiger partial charge in [0.2, 0.25) is 0 Å². The molecule has 0 saturated carbocycles. The second-order valence-corrected chi connectivity index (χ2v) is 4.52. The average molecular weight is 231 g/mol. The van der Waals surface area contributed by atoms with E-state index in [2.05, 4.69) is 20.8 Å². The molecule has 0 radical (unpaired) electrons. The maximum atomic E-state index is 5.44. The molecule has 1 unspecified atom stereocenters. The van der Waals surface area contributed by atoms with E-state index in [1.54, 1.807) is 0 Å². The van der Waals surface area contributed by atoms with Crippen molar-refractivity contribution in [2.24, 2.45) is 5.84 Å². The number of hydrogen-bond donors (Lipinski definition) is 2. The minimum absolute atomic E-state index is 0.446. The number of hydrogen-bond acceptors (Lipinski definition) is 1. The van der Waals surface area contributed by atoms with Gasteiger partial charge < -0.3 is 0 Å². The second-order valence-electron chi connectivity index (χ2n) is 1.05. The van der Waals surface area contributed by atoms with Crippen molar-refractivity contribution < 1.29 is 4.03 Å². The summed E-state index contributed by atoms with van der Waals surface area (Å²) in [6.45, 7) is 4.42. The van der Waals surface area contributed by atoms with Gasteiger partial charge in [-0.1, -0.05) is 0 Å². The van der Waals surface area contributed by atoms with Crippen molar-refractivity contribution in [1.29, 1.82) is 0 Å². The molecule has 0 rings (SSSR count). The zero-order valence-electron chi connectivity index (χ0n) is 3.92. The monoisotopic (exact) mass is 233 g/mol. The van der Waals surface area contributed by atoms with Crippen LogP contribution < -0.4 is 9.87 Å². The molecule has 0 fully saturated rings. The fraction of sp³-hybridized carbons (Fsp3) is 0.333. The summed E-state index contributed by atoms with van der Waals surface area (Å²) in [5.41, 5.74) is 0. The van der Waals surface area contributed by atoms with Crippen molar-refractivity contribution in [1.82, 2.24) is 0 Å². The zero-order valence-corrected chi connectivity index (χ0v) is 7.51. The van der Waals surface area contributed by atoms with Crippen LogP contribution in [0.4, 0.5) is 0 Å². The number of nitrogens with one attached hydrogen (secondary N) is 1. The summed E-state index contributed by atoms with van der Waals surface area (Å²) < 4.78 is 1.04. The third-order valence-corrected chi connectivity index (χ3v) is 3.86. The molecule has 3 N–H and O–H groups in total. The first-order valence-electron chi connectivity index (χ1n) is 1.85. The van der Waals surface area contributed by atoms with Crippen molar-refractivity contribution in [3.63, 3.8) is 0 Å². The summed E-state index contributed by atoms with van der Waals surface area (Å²) in [6.07, 6.45) is 1.82. The molecule has 0 aromatic carbocycles. The molecule has 0 amide bonds. The fourth-order valence-electron chi connectivity index (χ4n) is 0.180. The van der Waals surface area contributed by atoms with Crippen LogP contribution in [0, 0.1) is 0 Å². The van der Waals surface area contributed by atoms with Crippen molar-refractivity contribution >= 4 is 27.5 Å². The predicted molar refractivity (Wildman–Crippen MR) is 33.1 cm³/mol. The minimum atomic E-state index is 0.446. The summed E-state index contributed by atoms with van der Waals surface area (Å²) in [5.74, 6) is 5.44. The molecule has 0 bridgehead atoms. The Bertz CT molecular complexity index is 56.9. The van der Waals surface area contributed by atoms with E-state index in [4.69, 9.17) is 5.84 Å². The molecule has 1 atom stereocenters. The molecule has 0 heterocycles. The average Bonchev–Trinajstić information content (AvgIpc) is 1.68. The fourth-order valence-corrected chi connectivity index (χ4v) is 1.40. The molecule has 0 aliphatic carbocycles. The van der Waals surface area contributed by atoms with E-state index in [0.29, 0.717) is 13.3 Å². The van der Waals surface area contributed by atoms with E-state index in [1.165, 1.54) is 0 Å². The van der Waals surface area contributed by atoms with Gasteiger partial charge in [0.15, 0.2) is 0 Å². The van der Waals surface area contributed by atoms with Crippen molar-refractivity contribution in [3.8, 4) is 0 Å². The Morgan fingerprint density at radius 3 is 2.71 bits per heavy atom. The standard InChI is InChI=1S/C3H8N2Se2/c1-2-3-5(4)7-6/h2,6H,1,3-4H2/p+1. The Morgan fingerprint density at radius 2 is 2.57 bits per heavy atom. The molecule has 0 aromatic rings. The van der Waals surface area contributed by atoms with E-state index in [0.717, 1.165) is 10.6 Å². The molecule has 7 heavy (non-hydrogen) atoms. The Hall–Kier alpha value is 0.699. The Labute approximate surface area is 56.8 Å². The quantitative estimate of drug-likeness (QED) is 0.236. The van der Waals surface area contributed by atoms with E-state index < -0.39 is 0 Å². The number of rotatable bonds is 3. The van der Waals surface area contributed by atoms with E-state index >= 15 is 0 Å². The Kier molecular flexibility index (Phi) is 5.33. The Morgan fingerprint density at radius 1 is 2.00 bits per heavy atom. The van der Waals surface area contributed by atoms with Gasteiger partial charge in [0.05, 0.1) is 0 Å². The molecule has 4 heteroatoms. The van der Waals surface area contributed by atoms with Crippen LogP contribution in [0.2, 0.25) is 0 Å². The SMILES string of the molecule is C=CC[NH+](N)[Se][SeH]. The van der Waals surface area contributed by atoms with Gasteiger partial charge in [0, 0.05) is 0 Å². The van der Waals surface area contributed by atoms with Gasteiger partial charge >= 0.3 is 56.6 Å². The number of nitrogens with two attached hydrogens (primary N) is 1. The van der Waals surface area contributed by atoms with E-state index in [1.807, 2.05) is 6.08 Å². The third kappa shape index (κ3) is 4.55. The van der Waals surface area contributed by atoms with Crippen LogP contribution in [0.15, 0.2) is 12.7 Å². The van der Waals surface area contributed by atoms with Gasteiger partial charge in [-0.2, -0.15) is 0 Å². The van der Waals surface area contributed by atoms with Crippen LogP contribution in [0.1, 0.15) is 0 Å². The van der Waals surface area contributed by atoms with Crippen molar-refractivity contribution in [3.05, 3.63) is 12.7 Å². The van der Waals surface area contributed by atoms with Gasteiger partial charge in [-0.15, -0.1) is 0 Å². The van der Waals surface area contributed by atoms with Gasteiger partial charge in [-0.25, -0.2) is 0 Å². The van der Waals surface area contributed by atoms with Crippen LogP contribution in [-0.2, 0) is 0 Å². The van der Waals surface area contributed by atoms with Crippen LogP contribution in [0.25, 0.3) is 0 Å². The maximum absolute atomic E-state index is 5.44.